The highest BCUT2D eigenvalue weighted by Crippen LogP contribution is 2.22. The predicted molar refractivity (Wildman–Crippen MR) is 89.3 cm³/mol. The van der Waals surface area contributed by atoms with Crippen LogP contribution in [0.15, 0.2) is 30.3 Å². The van der Waals surface area contributed by atoms with Gasteiger partial charge in [0.05, 0.1) is 6.61 Å². The molecule has 2 rings (SSSR count). The van der Waals surface area contributed by atoms with E-state index in [0.29, 0.717) is 17.7 Å². The number of nitrogens with one attached hydrogen (secondary N) is 1. The maximum Gasteiger partial charge on any atom is 0.250 e. The van der Waals surface area contributed by atoms with Crippen LogP contribution in [-0.2, 0) is 4.79 Å². The summed E-state index contributed by atoms with van der Waals surface area (Å²) in [4.78, 5) is 11.9. The summed E-state index contributed by atoms with van der Waals surface area (Å²) in [5, 5.41) is 12.1. The quantitative estimate of drug-likeness (QED) is 0.825. The molecular formula is C16H19N3O2S. The molecular weight excluding hydrogens is 298 g/mol. The number of ether oxygens (including phenoxy) is 1. The molecule has 1 N–H and O–H groups in total. The Morgan fingerprint density at radius 1 is 1.32 bits per heavy atom. The zero-order chi connectivity index (χ0) is 15.9. The molecule has 0 atom stereocenters. The summed E-state index contributed by atoms with van der Waals surface area (Å²) in [6.07, 6.45) is 3.22. The molecule has 0 unspecified atom stereocenters. The van der Waals surface area contributed by atoms with Crippen LogP contribution in [0.5, 0.6) is 5.75 Å². The molecule has 1 aromatic heterocycles. The van der Waals surface area contributed by atoms with Gasteiger partial charge in [0.15, 0.2) is 0 Å². The molecule has 0 bridgehead atoms. The lowest BCUT2D eigenvalue weighted by Gasteiger charge is -2.02. The second kappa shape index (κ2) is 7.70. The van der Waals surface area contributed by atoms with Crippen LogP contribution in [0.25, 0.3) is 6.08 Å². The fourth-order valence-electron chi connectivity index (χ4n) is 1.68. The Hall–Kier alpha value is -2.21. The Morgan fingerprint density at radius 3 is 2.64 bits per heavy atom. The van der Waals surface area contributed by atoms with Crippen molar-refractivity contribution >= 4 is 28.5 Å². The van der Waals surface area contributed by atoms with Crippen molar-refractivity contribution in [2.75, 3.05) is 11.9 Å². The molecule has 0 aliphatic heterocycles. The average molecular weight is 317 g/mol. The van der Waals surface area contributed by atoms with Gasteiger partial charge in [-0.3, -0.25) is 10.1 Å². The van der Waals surface area contributed by atoms with Crippen LogP contribution in [0.2, 0.25) is 0 Å². The third-order valence-corrected chi connectivity index (χ3v) is 3.92. The van der Waals surface area contributed by atoms with Gasteiger partial charge in [0.2, 0.25) is 11.0 Å². The van der Waals surface area contributed by atoms with Crippen LogP contribution in [0.3, 0.4) is 0 Å². The monoisotopic (exact) mass is 317 g/mol. The number of amides is 1. The van der Waals surface area contributed by atoms with Crippen LogP contribution in [0.4, 0.5) is 5.13 Å². The SMILES string of the molecule is CCOc1ccc(/C=C/C(=O)Nc2nnc(C(C)C)s2)cc1. The molecule has 0 spiro atoms. The highest BCUT2D eigenvalue weighted by Gasteiger charge is 2.08. The van der Waals surface area contributed by atoms with E-state index < -0.39 is 0 Å². The van der Waals surface area contributed by atoms with E-state index >= 15 is 0 Å². The normalized spacial score (nSPS) is 11.1. The van der Waals surface area contributed by atoms with Gasteiger partial charge in [-0.25, -0.2) is 0 Å². The van der Waals surface area contributed by atoms with E-state index in [2.05, 4.69) is 15.5 Å². The first kappa shape index (κ1) is 16.2. The highest BCUT2D eigenvalue weighted by atomic mass is 32.1. The molecule has 0 radical (unpaired) electrons. The van der Waals surface area contributed by atoms with E-state index in [9.17, 15) is 4.79 Å². The molecule has 0 aliphatic carbocycles. The second-order valence-corrected chi connectivity index (χ2v) is 5.93. The van der Waals surface area contributed by atoms with Crippen molar-refractivity contribution in [1.82, 2.24) is 10.2 Å². The number of hydrogen-bond acceptors (Lipinski definition) is 5. The van der Waals surface area contributed by atoms with Gasteiger partial charge in [0.1, 0.15) is 10.8 Å². The van der Waals surface area contributed by atoms with Crippen LogP contribution in [0, 0.1) is 0 Å². The lowest BCUT2D eigenvalue weighted by Crippen LogP contribution is -2.07. The lowest BCUT2D eigenvalue weighted by molar-refractivity contribution is -0.111. The van der Waals surface area contributed by atoms with Crippen LogP contribution < -0.4 is 10.1 Å². The Kier molecular flexibility index (Phi) is 5.66. The Labute approximate surface area is 134 Å². The van der Waals surface area contributed by atoms with Gasteiger partial charge in [-0.1, -0.05) is 37.3 Å². The zero-order valence-electron chi connectivity index (χ0n) is 12.9. The number of carbonyl (C=O) groups is 1. The van der Waals surface area contributed by atoms with Gasteiger partial charge in [0, 0.05) is 12.0 Å². The molecule has 5 nitrogen and oxygen atoms in total. The smallest absolute Gasteiger partial charge is 0.250 e. The van der Waals surface area contributed by atoms with Crippen molar-refractivity contribution in [2.45, 2.75) is 26.7 Å². The van der Waals surface area contributed by atoms with Gasteiger partial charge in [-0.15, -0.1) is 10.2 Å². The number of anilines is 1. The second-order valence-electron chi connectivity index (χ2n) is 4.92. The molecule has 0 saturated carbocycles. The van der Waals surface area contributed by atoms with Gasteiger partial charge < -0.3 is 4.74 Å². The topological polar surface area (TPSA) is 64.1 Å². The van der Waals surface area contributed by atoms with Crippen molar-refractivity contribution in [2.24, 2.45) is 0 Å². The predicted octanol–water partition coefficient (Wildman–Crippen LogP) is 3.71. The third kappa shape index (κ3) is 4.66. The fraction of sp³-hybridized carbons (Fsp3) is 0.312. The molecule has 6 heteroatoms. The summed E-state index contributed by atoms with van der Waals surface area (Å²) in [5.74, 6) is 0.905. The Morgan fingerprint density at radius 2 is 2.05 bits per heavy atom. The third-order valence-electron chi connectivity index (χ3n) is 2.78. The van der Waals surface area contributed by atoms with E-state index in [1.54, 1.807) is 6.08 Å². The number of rotatable bonds is 6. The van der Waals surface area contributed by atoms with Gasteiger partial charge in [-0.2, -0.15) is 0 Å². The molecule has 22 heavy (non-hydrogen) atoms. The minimum atomic E-state index is -0.222. The van der Waals surface area contributed by atoms with Crippen LogP contribution in [0.1, 0.15) is 37.3 Å². The standard InChI is InChI=1S/C16H19N3O2S/c1-4-21-13-8-5-12(6-9-13)7-10-14(20)17-16-19-18-15(22-16)11(2)3/h5-11H,4H2,1-3H3,(H,17,19,20)/b10-7+. The molecule has 1 aromatic carbocycles. The van der Waals surface area contributed by atoms with Crippen molar-refractivity contribution in [3.63, 3.8) is 0 Å². The van der Waals surface area contributed by atoms with Crippen molar-refractivity contribution in [1.29, 1.82) is 0 Å². The minimum Gasteiger partial charge on any atom is -0.494 e. The summed E-state index contributed by atoms with van der Waals surface area (Å²) in [6, 6.07) is 7.55. The van der Waals surface area contributed by atoms with E-state index in [4.69, 9.17) is 4.74 Å². The summed E-state index contributed by atoms with van der Waals surface area (Å²) in [7, 11) is 0. The first-order chi connectivity index (χ1) is 10.6. The van der Waals surface area contributed by atoms with Gasteiger partial charge >= 0.3 is 0 Å². The number of aromatic nitrogens is 2. The van der Waals surface area contributed by atoms with Crippen molar-refractivity contribution in [3.05, 3.63) is 40.9 Å². The molecule has 0 saturated heterocycles. The molecule has 0 fully saturated rings. The fourth-order valence-corrected chi connectivity index (χ4v) is 2.43. The van der Waals surface area contributed by atoms with E-state index in [1.807, 2.05) is 45.0 Å². The lowest BCUT2D eigenvalue weighted by atomic mass is 10.2. The van der Waals surface area contributed by atoms with E-state index in [-0.39, 0.29) is 5.91 Å². The largest absolute Gasteiger partial charge is 0.494 e. The Balaban J connectivity index is 1.92. The maximum atomic E-state index is 11.9. The maximum absolute atomic E-state index is 11.9. The molecule has 116 valence electrons. The summed E-state index contributed by atoms with van der Waals surface area (Å²) < 4.78 is 5.37. The molecule has 1 amide bonds. The highest BCUT2D eigenvalue weighted by molar-refractivity contribution is 7.15. The average Bonchev–Trinajstić information content (AvgIpc) is 2.95. The van der Waals surface area contributed by atoms with Gasteiger partial charge in [-0.05, 0) is 30.7 Å². The van der Waals surface area contributed by atoms with Crippen molar-refractivity contribution in [3.8, 4) is 5.75 Å². The first-order valence-electron chi connectivity index (χ1n) is 7.13. The van der Waals surface area contributed by atoms with Gasteiger partial charge in [0.25, 0.3) is 0 Å². The van der Waals surface area contributed by atoms with E-state index in [1.165, 1.54) is 17.4 Å². The summed E-state index contributed by atoms with van der Waals surface area (Å²) >= 11 is 1.39. The Bertz CT molecular complexity index is 648. The zero-order valence-corrected chi connectivity index (χ0v) is 13.7. The first-order valence-corrected chi connectivity index (χ1v) is 7.95. The molecule has 2 aromatic rings. The number of carbonyl (C=O) groups excluding carboxylic acids is 1. The number of hydrogen-bond donors (Lipinski definition) is 1. The minimum absolute atomic E-state index is 0.222. The summed E-state index contributed by atoms with van der Waals surface area (Å²) in [5.41, 5.74) is 0.929. The summed E-state index contributed by atoms with van der Waals surface area (Å²) in [6.45, 7) is 6.66. The molecule has 0 aliphatic rings. The number of benzene rings is 1. The van der Waals surface area contributed by atoms with Crippen molar-refractivity contribution < 1.29 is 9.53 Å². The van der Waals surface area contributed by atoms with Crippen LogP contribution in [-0.4, -0.2) is 22.7 Å². The van der Waals surface area contributed by atoms with Crippen LogP contribution >= 0.6 is 11.3 Å². The number of nitrogens with zero attached hydrogens (tertiary/aromatic N) is 2. The van der Waals surface area contributed by atoms with E-state index in [0.717, 1.165) is 16.3 Å². The molecule has 1 heterocycles.